The largest absolute Gasteiger partial charge is 0.295 e. The molecule has 0 amide bonds. The zero-order valence-corrected chi connectivity index (χ0v) is 13.2. The van der Waals surface area contributed by atoms with E-state index in [1.54, 1.807) is 6.07 Å². The molecule has 1 N–H and O–H groups in total. The first-order valence-corrected chi connectivity index (χ1v) is 8.20. The molecule has 2 rings (SSSR count). The highest BCUT2D eigenvalue weighted by atomic mass is 35.5. The second-order valence-corrected chi connectivity index (χ2v) is 6.83. The highest BCUT2D eigenvalue weighted by Crippen LogP contribution is 2.17. The Kier molecular flexibility index (Phi) is 4.95. The van der Waals surface area contributed by atoms with E-state index >= 15 is 0 Å². The summed E-state index contributed by atoms with van der Waals surface area (Å²) < 4.78 is 39.8. The predicted molar refractivity (Wildman–Crippen MR) is 81.9 cm³/mol. The lowest BCUT2D eigenvalue weighted by Gasteiger charge is -2.08. The predicted octanol–water partition coefficient (Wildman–Crippen LogP) is 3.16. The lowest BCUT2D eigenvalue weighted by atomic mass is 10.2. The van der Waals surface area contributed by atoms with Gasteiger partial charge >= 0.3 is 0 Å². The number of sulfonamides is 1. The first kappa shape index (κ1) is 16.6. The van der Waals surface area contributed by atoms with Crippen molar-refractivity contribution in [2.75, 3.05) is 0 Å². The van der Waals surface area contributed by atoms with Gasteiger partial charge in [-0.05, 0) is 36.8 Å². The molecule has 0 heterocycles. The standard InChI is InChI=1S/C15H13ClFNO3S/c1-10(19)12-3-2-4-13(8-12)22(20,21)18-9-11-5-6-15(17)14(16)7-11/h2-8,18H,9H2,1H3. The summed E-state index contributed by atoms with van der Waals surface area (Å²) in [5.74, 6) is -0.787. The molecule has 0 atom stereocenters. The summed E-state index contributed by atoms with van der Waals surface area (Å²) in [4.78, 5) is 11.3. The van der Waals surface area contributed by atoms with E-state index in [1.807, 2.05) is 0 Å². The molecule has 0 aromatic heterocycles. The van der Waals surface area contributed by atoms with Gasteiger partial charge in [0.2, 0.25) is 10.0 Å². The van der Waals surface area contributed by atoms with Crippen molar-refractivity contribution in [1.29, 1.82) is 0 Å². The van der Waals surface area contributed by atoms with Crippen LogP contribution >= 0.6 is 11.6 Å². The van der Waals surface area contributed by atoms with Crippen LogP contribution in [-0.2, 0) is 16.6 Å². The Morgan fingerprint density at radius 1 is 1.23 bits per heavy atom. The van der Waals surface area contributed by atoms with Gasteiger partial charge in [-0.25, -0.2) is 17.5 Å². The van der Waals surface area contributed by atoms with Crippen LogP contribution in [-0.4, -0.2) is 14.2 Å². The van der Waals surface area contributed by atoms with Crippen molar-refractivity contribution in [3.8, 4) is 0 Å². The minimum atomic E-state index is -3.78. The van der Waals surface area contributed by atoms with Crippen molar-refractivity contribution in [2.24, 2.45) is 0 Å². The molecule has 0 unspecified atom stereocenters. The fourth-order valence-electron chi connectivity index (χ4n) is 1.79. The monoisotopic (exact) mass is 341 g/mol. The van der Waals surface area contributed by atoms with Gasteiger partial charge in [0.1, 0.15) is 5.82 Å². The lowest BCUT2D eigenvalue weighted by Crippen LogP contribution is -2.23. The van der Waals surface area contributed by atoms with Crippen molar-refractivity contribution >= 4 is 27.4 Å². The number of halogens is 2. The molecule has 116 valence electrons. The van der Waals surface area contributed by atoms with Gasteiger partial charge in [0.05, 0.1) is 9.92 Å². The van der Waals surface area contributed by atoms with Crippen LogP contribution in [0.25, 0.3) is 0 Å². The van der Waals surface area contributed by atoms with Gasteiger partial charge in [0.25, 0.3) is 0 Å². The van der Waals surface area contributed by atoms with Gasteiger partial charge < -0.3 is 0 Å². The molecular weight excluding hydrogens is 329 g/mol. The Hall–Kier alpha value is -1.76. The van der Waals surface area contributed by atoms with Crippen LogP contribution in [0.15, 0.2) is 47.4 Å². The van der Waals surface area contributed by atoms with Gasteiger partial charge in [-0.2, -0.15) is 0 Å². The topological polar surface area (TPSA) is 63.2 Å². The molecule has 2 aromatic rings. The van der Waals surface area contributed by atoms with Crippen LogP contribution in [0.2, 0.25) is 5.02 Å². The van der Waals surface area contributed by atoms with E-state index in [9.17, 15) is 17.6 Å². The Morgan fingerprint density at radius 2 is 1.95 bits per heavy atom. The highest BCUT2D eigenvalue weighted by molar-refractivity contribution is 7.89. The molecule has 2 aromatic carbocycles. The van der Waals surface area contributed by atoms with Crippen molar-refractivity contribution in [1.82, 2.24) is 4.72 Å². The zero-order chi connectivity index (χ0) is 16.3. The van der Waals surface area contributed by atoms with Gasteiger partial charge in [-0.3, -0.25) is 4.79 Å². The van der Waals surface area contributed by atoms with E-state index in [1.165, 1.54) is 43.3 Å². The SMILES string of the molecule is CC(=O)c1cccc(S(=O)(=O)NCc2ccc(F)c(Cl)c2)c1. The summed E-state index contributed by atoms with van der Waals surface area (Å²) in [6.07, 6.45) is 0. The molecule has 0 fully saturated rings. The Bertz CT molecular complexity index is 821. The normalized spacial score (nSPS) is 11.4. The molecule has 7 heteroatoms. The molecule has 4 nitrogen and oxygen atoms in total. The molecule has 22 heavy (non-hydrogen) atoms. The maximum atomic E-state index is 13.1. The molecule has 0 radical (unpaired) electrons. The Balaban J connectivity index is 2.19. The van der Waals surface area contributed by atoms with Gasteiger partial charge in [0.15, 0.2) is 5.78 Å². The lowest BCUT2D eigenvalue weighted by molar-refractivity contribution is 0.101. The average Bonchev–Trinajstić information content (AvgIpc) is 2.48. The molecule has 0 spiro atoms. The van der Waals surface area contributed by atoms with Crippen LogP contribution in [0.5, 0.6) is 0 Å². The summed E-state index contributed by atoms with van der Waals surface area (Å²) in [7, 11) is -3.78. The summed E-state index contributed by atoms with van der Waals surface area (Å²) in [5.41, 5.74) is 0.838. The number of nitrogens with one attached hydrogen (secondary N) is 1. The molecular formula is C15H13ClFNO3S. The third kappa shape index (κ3) is 3.91. The van der Waals surface area contributed by atoms with E-state index in [-0.39, 0.29) is 22.2 Å². The van der Waals surface area contributed by atoms with Crippen molar-refractivity contribution in [3.05, 3.63) is 64.4 Å². The van der Waals surface area contributed by atoms with Crippen molar-refractivity contribution in [2.45, 2.75) is 18.4 Å². The highest BCUT2D eigenvalue weighted by Gasteiger charge is 2.15. The van der Waals surface area contributed by atoms with Crippen molar-refractivity contribution in [3.63, 3.8) is 0 Å². The number of ketones is 1. The van der Waals surface area contributed by atoms with Gasteiger partial charge in [-0.15, -0.1) is 0 Å². The molecule has 0 aliphatic rings. The van der Waals surface area contributed by atoms with Gasteiger partial charge in [-0.1, -0.05) is 29.8 Å². The van der Waals surface area contributed by atoms with Crippen LogP contribution in [0.3, 0.4) is 0 Å². The number of hydrogen-bond donors (Lipinski definition) is 1. The second-order valence-electron chi connectivity index (χ2n) is 4.66. The molecule has 0 aliphatic carbocycles. The van der Waals surface area contributed by atoms with Crippen LogP contribution in [0.4, 0.5) is 4.39 Å². The van der Waals surface area contributed by atoms with E-state index in [0.29, 0.717) is 11.1 Å². The molecule has 0 saturated heterocycles. The number of carbonyl (C=O) groups is 1. The summed E-state index contributed by atoms with van der Waals surface area (Å²) in [6.45, 7) is 1.33. The minimum Gasteiger partial charge on any atom is -0.295 e. The summed E-state index contributed by atoms with van der Waals surface area (Å²) in [6, 6.07) is 9.71. The van der Waals surface area contributed by atoms with Crippen LogP contribution in [0.1, 0.15) is 22.8 Å². The number of benzene rings is 2. The molecule has 0 aliphatic heterocycles. The molecule has 0 bridgehead atoms. The average molecular weight is 342 g/mol. The van der Waals surface area contributed by atoms with Crippen LogP contribution in [0, 0.1) is 5.82 Å². The van der Waals surface area contributed by atoms with Crippen LogP contribution < -0.4 is 4.72 Å². The summed E-state index contributed by atoms with van der Waals surface area (Å²) in [5, 5.41) is -0.0738. The van der Waals surface area contributed by atoms with E-state index in [0.717, 1.165) is 0 Å². The Morgan fingerprint density at radius 3 is 2.59 bits per heavy atom. The smallest absolute Gasteiger partial charge is 0.240 e. The quantitative estimate of drug-likeness (QED) is 0.850. The second kappa shape index (κ2) is 6.56. The fourth-order valence-corrected chi connectivity index (χ4v) is 3.06. The maximum Gasteiger partial charge on any atom is 0.240 e. The number of carbonyl (C=O) groups excluding carboxylic acids is 1. The Labute approximate surface area is 133 Å². The third-order valence-corrected chi connectivity index (χ3v) is 4.69. The number of rotatable bonds is 5. The molecule has 0 saturated carbocycles. The first-order valence-electron chi connectivity index (χ1n) is 6.34. The van der Waals surface area contributed by atoms with E-state index in [2.05, 4.69) is 4.72 Å². The van der Waals surface area contributed by atoms with Crippen molar-refractivity contribution < 1.29 is 17.6 Å². The number of hydrogen-bond acceptors (Lipinski definition) is 3. The third-order valence-electron chi connectivity index (χ3n) is 3.00. The van der Waals surface area contributed by atoms with E-state index < -0.39 is 15.8 Å². The minimum absolute atomic E-state index is 0.00610. The first-order chi connectivity index (χ1) is 10.3. The zero-order valence-electron chi connectivity index (χ0n) is 11.6. The van der Waals surface area contributed by atoms with Gasteiger partial charge in [0, 0.05) is 12.1 Å². The summed E-state index contributed by atoms with van der Waals surface area (Å²) >= 11 is 5.65. The maximum absolute atomic E-state index is 13.1. The fraction of sp³-hybridized carbons (Fsp3) is 0.133. The number of Topliss-reactive ketones (excluding diaryl/α,β-unsaturated/α-hetero) is 1. The van der Waals surface area contributed by atoms with E-state index in [4.69, 9.17) is 11.6 Å².